The molecule has 0 aromatic heterocycles. The maximum Gasteiger partial charge on any atom is 0.146 e. The Balaban J connectivity index is 1.93. The third kappa shape index (κ3) is 2.67. The fourth-order valence-electron chi connectivity index (χ4n) is 3.88. The molecule has 3 unspecified atom stereocenters. The normalized spacial score (nSPS) is 27.7. The number of halogens is 1. The fourth-order valence-corrected chi connectivity index (χ4v) is 3.88. The Labute approximate surface area is 127 Å². The number of fused-ring (bicyclic) bond motifs is 2. The smallest absolute Gasteiger partial charge is 0.146 e. The Bertz CT molecular complexity index is 505. The highest BCUT2D eigenvalue weighted by molar-refractivity contribution is 5.56. The molecule has 3 atom stereocenters. The predicted molar refractivity (Wildman–Crippen MR) is 85.3 cm³/mol. The first-order chi connectivity index (χ1) is 10.1. The van der Waals surface area contributed by atoms with Crippen molar-refractivity contribution in [1.82, 2.24) is 10.2 Å². The van der Waals surface area contributed by atoms with Gasteiger partial charge in [-0.1, -0.05) is 12.1 Å². The van der Waals surface area contributed by atoms with E-state index in [1.807, 2.05) is 19.2 Å². The van der Waals surface area contributed by atoms with Gasteiger partial charge in [0.15, 0.2) is 0 Å². The molecule has 2 aliphatic heterocycles. The van der Waals surface area contributed by atoms with Gasteiger partial charge in [-0.2, -0.15) is 0 Å². The second kappa shape index (κ2) is 5.93. The van der Waals surface area contributed by atoms with Crippen LogP contribution in [-0.2, 0) is 0 Å². The number of likely N-dealkylation sites (N-methyl/N-ethyl adjacent to an activating group) is 1. The summed E-state index contributed by atoms with van der Waals surface area (Å²) >= 11 is 0. The van der Waals surface area contributed by atoms with Crippen molar-refractivity contribution in [3.8, 4) is 0 Å². The summed E-state index contributed by atoms with van der Waals surface area (Å²) in [5.41, 5.74) is 1.87. The van der Waals surface area contributed by atoms with Crippen molar-refractivity contribution in [3.05, 3.63) is 29.6 Å². The van der Waals surface area contributed by atoms with Crippen molar-refractivity contribution in [3.63, 3.8) is 0 Å². The van der Waals surface area contributed by atoms with Crippen LogP contribution in [0.3, 0.4) is 0 Å². The summed E-state index contributed by atoms with van der Waals surface area (Å²) in [6, 6.07) is 6.86. The molecule has 0 aliphatic carbocycles. The van der Waals surface area contributed by atoms with E-state index in [4.69, 9.17) is 0 Å². The lowest BCUT2D eigenvalue weighted by Gasteiger charge is -2.31. The highest BCUT2D eigenvalue weighted by Crippen LogP contribution is 2.35. The van der Waals surface area contributed by atoms with E-state index in [9.17, 15) is 4.39 Å². The van der Waals surface area contributed by atoms with E-state index in [1.54, 1.807) is 6.07 Å². The van der Waals surface area contributed by atoms with Crippen LogP contribution in [0.2, 0.25) is 0 Å². The molecule has 3 nitrogen and oxygen atoms in total. The third-order valence-electron chi connectivity index (χ3n) is 5.38. The summed E-state index contributed by atoms with van der Waals surface area (Å²) in [7, 11) is 4.15. The zero-order valence-corrected chi connectivity index (χ0v) is 13.3. The summed E-state index contributed by atoms with van der Waals surface area (Å²) in [6.07, 6.45) is 3.67. The highest BCUT2D eigenvalue weighted by atomic mass is 19.1. The van der Waals surface area contributed by atoms with Crippen molar-refractivity contribution < 1.29 is 4.39 Å². The SMILES string of the molecule is CNC(C)c1cccc(F)c1N1CCC2CCC(C1)N2C. The number of rotatable bonds is 3. The lowest BCUT2D eigenvalue weighted by atomic mass is 10.0. The minimum absolute atomic E-state index is 0.0879. The molecule has 0 amide bonds. The lowest BCUT2D eigenvalue weighted by Crippen LogP contribution is -2.37. The van der Waals surface area contributed by atoms with Gasteiger partial charge in [0.1, 0.15) is 5.82 Å². The number of hydrogen-bond acceptors (Lipinski definition) is 3. The first kappa shape index (κ1) is 14.8. The Hall–Kier alpha value is -1.13. The second-order valence-corrected chi connectivity index (χ2v) is 6.47. The Kier molecular flexibility index (Phi) is 4.18. The summed E-state index contributed by atoms with van der Waals surface area (Å²) in [5.74, 6) is -0.0879. The largest absolute Gasteiger partial charge is 0.367 e. The molecule has 0 saturated carbocycles. The maximum absolute atomic E-state index is 14.5. The Morgan fingerprint density at radius 3 is 2.76 bits per heavy atom. The van der Waals surface area contributed by atoms with Crippen LogP contribution < -0.4 is 10.2 Å². The van der Waals surface area contributed by atoms with Gasteiger partial charge in [-0.15, -0.1) is 0 Å². The molecule has 1 aromatic rings. The minimum Gasteiger partial charge on any atom is -0.367 e. The summed E-state index contributed by atoms with van der Waals surface area (Å²) in [6.45, 7) is 3.99. The van der Waals surface area contributed by atoms with Crippen LogP contribution in [0, 0.1) is 5.82 Å². The molecule has 21 heavy (non-hydrogen) atoms. The van der Waals surface area contributed by atoms with Crippen LogP contribution in [0.4, 0.5) is 10.1 Å². The van der Waals surface area contributed by atoms with Gasteiger partial charge in [0.05, 0.1) is 5.69 Å². The van der Waals surface area contributed by atoms with Gasteiger partial charge >= 0.3 is 0 Å². The molecule has 2 saturated heterocycles. The van der Waals surface area contributed by atoms with E-state index < -0.39 is 0 Å². The standard InChI is InChI=1S/C17H26FN3/c1-12(19-2)15-5-4-6-16(18)17(15)21-10-9-13-7-8-14(11-21)20(13)3/h4-6,12-14,19H,7-11H2,1-3H3. The minimum atomic E-state index is -0.0879. The highest BCUT2D eigenvalue weighted by Gasteiger charge is 2.35. The van der Waals surface area contributed by atoms with Gasteiger partial charge in [0.25, 0.3) is 0 Å². The maximum atomic E-state index is 14.5. The van der Waals surface area contributed by atoms with E-state index in [-0.39, 0.29) is 11.9 Å². The molecule has 1 aromatic carbocycles. The molecule has 1 N–H and O–H groups in total. The van der Waals surface area contributed by atoms with E-state index in [0.29, 0.717) is 12.1 Å². The molecule has 0 spiro atoms. The Morgan fingerprint density at radius 1 is 1.24 bits per heavy atom. The molecule has 2 fully saturated rings. The molecule has 116 valence electrons. The summed E-state index contributed by atoms with van der Waals surface area (Å²) in [4.78, 5) is 4.78. The first-order valence-corrected chi connectivity index (χ1v) is 8.04. The molecule has 3 rings (SSSR count). The molecule has 0 radical (unpaired) electrons. The van der Waals surface area contributed by atoms with Crippen LogP contribution in [0.5, 0.6) is 0 Å². The Morgan fingerprint density at radius 2 is 2.00 bits per heavy atom. The van der Waals surface area contributed by atoms with Gasteiger partial charge in [0, 0.05) is 31.2 Å². The molecule has 4 heteroatoms. The van der Waals surface area contributed by atoms with Crippen LogP contribution >= 0.6 is 0 Å². The number of para-hydroxylation sites is 1. The second-order valence-electron chi connectivity index (χ2n) is 6.47. The number of nitrogens with one attached hydrogen (secondary N) is 1. The first-order valence-electron chi connectivity index (χ1n) is 8.04. The number of anilines is 1. The third-order valence-corrected chi connectivity index (χ3v) is 5.38. The van der Waals surface area contributed by atoms with Crippen molar-refractivity contribution >= 4 is 5.69 Å². The molecular weight excluding hydrogens is 265 g/mol. The summed E-state index contributed by atoms with van der Waals surface area (Å²) < 4.78 is 14.5. The zero-order chi connectivity index (χ0) is 15.0. The number of nitrogens with zero attached hydrogens (tertiary/aromatic N) is 2. The zero-order valence-electron chi connectivity index (χ0n) is 13.3. The van der Waals surface area contributed by atoms with Crippen molar-refractivity contribution in [1.29, 1.82) is 0 Å². The van der Waals surface area contributed by atoms with Crippen LogP contribution in [0.25, 0.3) is 0 Å². The van der Waals surface area contributed by atoms with E-state index in [2.05, 4.69) is 29.1 Å². The van der Waals surface area contributed by atoms with Gasteiger partial charge in [0.2, 0.25) is 0 Å². The monoisotopic (exact) mass is 291 g/mol. The molecule has 2 aliphatic rings. The van der Waals surface area contributed by atoms with E-state index in [0.717, 1.165) is 30.8 Å². The predicted octanol–water partition coefficient (Wildman–Crippen LogP) is 2.78. The van der Waals surface area contributed by atoms with E-state index in [1.165, 1.54) is 12.8 Å². The van der Waals surface area contributed by atoms with Crippen LogP contribution in [0.15, 0.2) is 18.2 Å². The fraction of sp³-hybridized carbons (Fsp3) is 0.647. The van der Waals surface area contributed by atoms with Gasteiger partial charge < -0.3 is 10.2 Å². The number of hydrogen-bond donors (Lipinski definition) is 1. The molecule has 2 heterocycles. The van der Waals surface area contributed by atoms with Gasteiger partial charge in [-0.25, -0.2) is 4.39 Å². The molecule has 2 bridgehead atoms. The number of benzene rings is 1. The van der Waals surface area contributed by atoms with Gasteiger partial charge in [-0.3, -0.25) is 4.90 Å². The van der Waals surface area contributed by atoms with E-state index >= 15 is 0 Å². The van der Waals surface area contributed by atoms with Crippen LogP contribution in [-0.4, -0.2) is 44.2 Å². The van der Waals surface area contributed by atoms with Crippen molar-refractivity contribution in [2.24, 2.45) is 0 Å². The molecular formula is C17H26FN3. The topological polar surface area (TPSA) is 18.5 Å². The average Bonchev–Trinajstić information content (AvgIpc) is 2.72. The van der Waals surface area contributed by atoms with Crippen LogP contribution in [0.1, 0.15) is 37.8 Å². The van der Waals surface area contributed by atoms with Gasteiger partial charge in [-0.05, 0) is 51.9 Å². The summed E-state index contributed by atoms with van der Waals surface area (Å²) in [5, 5.41) is 3.24. The average molecular weight is 291 g/mol. The van der Waals surface area contributed by atoms with Crippen molar-refractivity contribution in [2.45, 2.75) is 44.3 Å². The quantitative estimate of drug-likeness (QED) is 0.924. The lowest BCUT2D eigenvalue weighted by molar-refractivity contribution is 0.254. The van der Waals surface area contributed by atoms with Crippen molar-refractivity contribution in [2.75, 3.05) is 32.1 Å².